The summed E-state index contributed by atoms with van der Waals surface area (Å²) >= 11 is 0. The monoisotopic (exact) mass is 198 g/mol. The average molecular weight is 198 g/mol. The molecule has 0 aliphatic heterocycles. The second-order valence-corrected chi connectivity index (χ2v) is 3.53. The Labute approximate surface area is 83.3 Å². The van der Waals surface area contributed by atoms with E-state index in [9.17, 15) is 9.50 Å². The van der Waals surface area contributed by atoms with E-state index in [-0.39, 0.29) is 6.10 Å². The first-order valence-corrected chi connectivity index (χ1v) is 4.65. The molecular formula is C11H15FO2. The highest BCUT2D eigenvalue weighted by atomic mass is 19.1. The van der Waals surface area contributed by atoms with Gasteiger partial charge in [0.2, 0.25) is 0 Å². The molecule has 0 fully saturated rings. The van der Waals surface area contributed by atoms with Crippen LogP contribution >= 0.6 is 0 Å². The summed E-state index contributed by atoms with van der Waals surface area (Å²) < 4.78 is 18.6. The van der Waals surface area contributed by atoms with E-state index in [1.54, 1.807) is 6.07 Å². The van der Waals surface area contributed by atoms with E-state index in [4.69, 9.17) is 4.74 Å². The highest BCUT2D eigenvalue weighted by Crippen LogP contribution is 2.22. The van der Waals surface area contributed by atoms with Crippen molar-refractivity contribution in [1.82, 2.24) is 0 Å². The molecule has 1 aromatic carbocycles. The second-order valence-electron chi connectivity index (χ2n) is 3.53. The standard InChI is InChI=1S/C11H15FO2/c1-7(2)14-9-4-5-10(8(3)13)11(12)6-9/h4-8,13H,1-3H3/t8-/m0/s1. The Morgan fingerprint density at radius 3 is 2.36 bits per heavy atom. The number of hydrogen-bond acceptors (Lipinski definition) is 2. The fraction of sp³-hybridized carbons (Fsp3) is 0.455. The predicted octanol–water partition coefficient (Wildman–Crippen LogP) is 2.67. The van der Waals surface area contributed by atoms with Crippen LogP contribution in [0, 0.1) is 5.82 Å². The lowest BCUT2D eigenvalue weighted by molar-refractivity contribution is 0.193. The third-order valence-electron chi connectivity index (χ3n) is 1.79. The molecule has 0 heterocycles. The minimum atomic E-state index is -0.789. The largest absolute Gasteiger partial charge is 0.491 e. The van der Waals surface area contributed by atoms with E-state index >= 15 is 0 Å². The molecule has 0 saturated carbocycles. The second kappa shape index (κ2) is 4.42. The van der Waals surface area contributed by atoms with Crippen LogP contribution in [0.25, 0.3) is 0 Å². The van der Waals surface area contributed by atoms with Gasteiger partial charge in [-0.15, -0.1) is 0 Å². The van der Waals surface area contributed by atoms with Crippen molar-refractivity contribution in [1.29, 1.82) is 0 Å². The number of rotatable bonds is 3. The molecule has 0 amide bonds. The molecule has 0 aliphatic carbocycles. The van der Waals surface area contributed by atoms with Crippen LogP contribution < -0.4 is 4.74 Å². The molecule has 14 heavy (non-hydrogen) atoms. The number of aliphatic hydroxyl groups excluding tert-OH is 1. The molecule has 0 aliphatic rings. The lowest BCUT2D eigenvalue weighted by Crippen LogP contribution is -2.06. The number of ether oxygens (including phenoxy) is 1. The fourth-order valence-corrected chi connectivity index (χ4v) is 1.19. The third kappa shape index (κ3) is 2.70. The summed E-state index contributed by atoms with van der Waals surface area (Å²) in [5, 5.41) is 9.20. The summed E-state index contributed by atoms with van der Waals surface area (Å²) in [4.78, 5) is 0. The molecule has 0 bridgehead atoms. The van der Waals surface area contributed by atoms with Crippen LogP contribution in [0.5, 0.6) is 5.75 Å². The van der Waals surface area contributed by atoms with Crippen molar-refractivity contribution in [2.24, 2.45) is 0 Å². The number of aliphatic hydroxyl groups is 1. The first-order valence-electron chi connectivity index (χ1n) is 4.65. The van der Waals surface area contributed by atoms with Gasteiger partial charge in [0.15, 0.2) is 0 Å². The first-order chi connectivity index (χ1) is 6.50. The van der Waals surface area contributed by atoms with Crippen LogP contribution in [0.1, 0.15) is 32.4 Å². The Morgan fingerprint density at radius 2 is 1.93 bits per heavy atom. The summed E-state index contributed by atoms with van der Waals surface area (Å²) in [6, 6.07) is 4.49. The number of benzene rings is 1. The lowest BCUT2D eigenvalue weighted by Gasteiger charge is -2.11. The SMILES string of the molecule is CC(C)Oc1ccc([C@H](C)O)c(F)c1. The van der Waals surface area contributed by atoms with Crippen LogP contribution in [0.2, 0.25) is 0 Å². The fourth-order valence-electron chi connectivity index (χ4n) is 1.19. The molecule has 0 spiro atoms. The Hall–Kier alpha value is -1.09. The van der Waals surface area contributed by atoms with Crippen molar-refractivity contribution in [3.63, 3.8) is 0 Å². The molecule has 0 saturated heterocycles. The van der Waals surface area contributed by atoms with Gasteiger partial charge in [0.05, 0.1) is 12.2 Å². The van der Waals surface area contributed by atoms with Crippen molar-refractivity contribution >= 4 is 0 Å². The maximum absolute atomic E-state index is 13.3. The predicted molar refractivity (Wildman–Crippen MR) is 52.8 cm³/mol. The Bertz CT molecular complexity index is 308. The lowest BCUT2D eigenvalue weighted by atomic mass is 10.1. The maximum atomic E-state index is 13.3. The normalized spacial score (nSPS) is 13.0. The van der Waals surface area contributed by atoms with E-state index in [1.807, 2.05) is 13.8 Å². The molecule has 1 aromatic rings. The van der Waals surface area contributed by atoms with Crippen LogP contribution in [0.4, 0.5) is 4.39 Å². The minimum Gasteiger partial charge on any atom is -0.491 e. The smallest absolute Gasteiger partial charge is 0.132 e. The minimum absolute atomic E-state index is 0.0202. The van der Waals surface area contributed by atoms with Crippen molar-refractivity contribution in [2.75, 3.05) is 0 Å². The maximum Gasteiger partial charge on any atom is 0.132 e. The zero-order valence-electron chi connectivity index (χ0n) is 8.62. The Kier molecular flexibility index (Phi) is 3.47. The van der Waals surface area contributed by atoms with Gasteiger partial charge in [-0.3, -0.25) is 0 Å². The van der Waals surface area contributed by atoms with E-state index in [1.165, 1.54) is 19.1 Å². The molecule has 2 nitrogen and oxygen atoms in total. The van der Waals surface area contributed by atoms with Gasteiger partial charge in [-0.25, -0.2) is 4.39 Å². The molecule has 0 radical (unpaired) electrons. The van der Waals surface area contributed by atoms with Gasteiger partial charge in [0.25, 0.3) is 0 Å². The van der Waals surface area contributed by atoms with E-state index in [0.29, 0.717) is 11.3 Å². The average Bonchev–Trinajstić information content (AvgIpc) is 2.01. The number of halogens is 1. The molecular weight excluding hydrogens is 183 g/mol. The highest BCUT2D eigenvalue weighted by Gasteiger charge is 2.09. The van der Waals surface area contributed by atoms with Crippen LogP contribution in [0.15, 0.2) is 18.2 Å². The van der Waals surface area contributed by atoms with Gasteiger partial charge in [-0.2, -0.15) is 0 Å². The summed E-state index contributed by atoms with van der Waals surface area (Å²) in [6.45, 7) is 5.28. The van der Waals surface area contributed by atoms with Gasteiger partial charge in [-0.1, -0.05) is 0 Å². The van der Waals surface area contributed by atoms with Gasteiger partial charge >= 0.3 is 0 Å². The molecule has 0 unspecified atom stereocenters. The van der Waals surface area contributed by atoms with E-state index < -0.39 is 11.9 Å². The van der Waals surface area contributed by atoms with Crippen LogP contribution in [-0.2, 0) is 0 Å². The van der Waals surface area contributed by atoms with E-state index in [2.05, 4.69) is 0 Å². The zero-order valence-corrected chi connectivity index (χ0v) is 8.62. The van der Waals surface area contributed by atoms with Crippen molar-refractivity contribution in [2.45, 2.75) is 33.0 Å². The molecule has 3 heteroatoms. The van der Waals surface area contributed by atoms with Gasteiger partial charge in [-0.05, 0) is 32.9 Å². The van der Waals surface area contributed by atoms with Crippen molar-refractivity contribution in [3.8, 4) is 5.75 Å². The van der Waals surface area contributed by atoms with Gasteiger partial charge in [0.1, 0.15) is 11.6 Å². The molecule has 0 aromatic heterocycles. The molecule has 1 N–H and O–H groups in total. The topological polar surface area (TPSA) is 29.5 Å². The summed E-state index contributed by atoms with van der Waals surface area (Å²) in [7, 11) is 0. The number of hydrogen-bond donors (Lipinski definition) is 1. The zero-order chi connectivity index (χ0) is 10.7. The first kappa shape index (κ1) is 11.0. The van der Waals surface area contributed by atoms with Crippen LogP contribution in [-0.4, -0.2) is 11.2 Å². The third-order valence-corrected chi connectivity index (χ3v) is 1.79. The molecule has 1 rings (SSSR count). The highest BCUT2D eigenvalue weighted by molar-refractivity contribution is 5.30. The quantitative estimate of drug-likeness (QED) is 0.809. The van der Waals surface area contributed by atoms with Gasteiger partial charge < -0.3 is 9.84 Å². The molecule has 1 atom stereocenters. The summed E-state index contributed by atoms with van der Waals surface area (Å²) in [5.74, 6) is 0.0556. The van der Waals surface area contributed by atoms with Gasteiger partial charge in [0, 0.05) is 11.6 Å². The van der Waals surface area contributed by atoms with E-state index in [0.717, 1.165) is 0 Å². The molecule has 78 valence electrons. The Balaban J connectivity index is 2.89. The Morgan fingerprint density at radius 1 is 1.29 bits per heavy atom. The van der Waals surface area contributed by atoms with Crippen molar-refractivity contribution < 1.29 is 14.2 Å². The van der Waals surface area contributed by atoms with Crippen molar-refractivity contribution in [3.05, 3.63) is 29.6 Å². The summed E-state index contributed by atoms with van der Waals surface area (Å²) in [6.07, 6.45) is -0.769. The van der Waals surface area contributed by atoms with Crippen LogP contribution in [0.3, 0.4) is 0 Å². The summed E-state index contributed by atoms with van der Waals surface area (Å²) in [5.41, 5.74) is 0.293.